The van der Waals surface area contributed by atoms with Gasteiger partial charge in [-0.1, -0.05) is 12.8 Å². The van der Waals surface area contributed by atoms with E-state index in [2.05, 4.69) is 20.5 Å². The summed E-state index contributed by atoms with van der Waals surface area (Å²) < 4.78 is 35.9. The molecule has 2 amide bonds. The van der Waals surface area contributed by atoms with E-state index in [4.69, 9.17) is 4.74 Å². The van der Waals surface area contributed by atoms with Gasteiger partial charge in [-0.15, -0.1) is 0 Å². The van der Waals surface area contributed by atoms with Gasteiger partial charge < -0.3 is 25.0 Å². The van der Waals surface area contributed by atoms with E-state index in [9.17, 15) is 28.3 Å². The van der Waals surface area contributed by atoms with Gasteiger partial charge in [0, 0.05) is 38.6 Å². The third-order valence-corrected chi connectivity index (χ3v) is 7.46. The Bertz CT molecular complexity index is 1470. The fourth-order valence-electron chi connectivity index (χ4n) is 5.38. The lowest BCUT2D eigenvalue weighted by Crippen LogP contribution is -2.50. The fourth-order valence-corrected chi connectivity index (χ4v) is 5.38. The molecule has 0 spiro atoms. The normalized spacial score (nSPS) is 19.8. The van der Waals surface area contributed by atoms with E-state index in [0.29, 0.717) is 44.8 Å². The maximum atomic E-state index is 13.9. The minimum Gasteiger partial charge on any atom is -0.481 e. The summed E-state index contributed by atoms with van der Waals surface area (Å²) in [5.74, 6) is -1.89. The van der Waals surface area contributed by atoms with E-state index in [-0.39, 0.29) is 23.0 Å². The van der Waals surface area contributed by atoms with Crippen LogP contribution in [0.5, 0.6) is 0 Å². The summed E-state index contributed by atoms with van der Waals surface area (Å²) >= 11 is 0. The molecule has 5 rings (SSSR count). The van der Waals surface area contributed by atoms with E-state index >= 15 is 0 Å². The summed E-state index contributed by atoms with van der Waals surface area (Å²) in [6.07, 6.45) is 3.27. The number of hydrogen-bond donors (Lipinski definition) is 2. The average molecular weight is 589 g/mol. The van der Waals surface area contributed by atoms with Crippen molar-refractivity contribution in [2.45, 2.75) is 64.5 Å². The molecular weight excluding hydrogens is 554 g/mol. The monoisotopic (exact) mass is 588 g/mol. The SMILES string of the molecule is CC(C)(C)OC(=O)N1CCN(c2ccn3ncc(C(=O)Nc4cn(C5CCCCC5C(=O)O)nc4C(F)F)c3n2)CC1. The number of alkyl halides is 2. The number of carbonyl (C=O) groups excluding carboxylic acids is 2. The molecule has 2 unspecified atom stereocenters. The minimum atomic E-state index is -2.98. The van der Waals surface area contributed by atoms with Crippen molar-refractivity contribution in [3.8, 4) is 0 Å². The van der Waals surface area contributed by atoms with Gasteiger partial charge in [0.05, 0.1) is 23.8 Å². The van der Waals surface area contributed by atoms with Gasteiger partial charge in [-0.25, -0.2) is 23.1 Å². The Morgan fingerprint density at radius 1 is 1.12 bits per heavy atom. The van der Waals surface area contributed by atoms with Crippen LogP contribution in [0.15, 0.2) is 24.7 Å². The summed E-state index contributed by atoms with van der Waals surface area (Å²) in [6, 6.07) is 1.16. The molecule has 2 fully saturated rings. The van der Waals surface area contributed by atoms with Gasteiger partial charge in [0.15, 0.2) is 11.3 Å². The molecule has 42 heavy (non-hydrogen) atoms. The number of amides is 2. The average Bonchev–Trinajstić information content (AvgIpc) is 3.56. The minimum absolute atomic E-state index is 0.0679. The molecule has 2 aliphatic rings. The molecule has 1 aliphatic carbocycles. The smallest absolute Gasteiger partial charge is 0.410 e. The van der Waals surface area contributed by atoms with Gasteiger partial charge >= 0.3 is 12.1 Å². The van der Waals surface area contributed by atoms with Crippen LogP contribution in [0.1, 0.15) is 75.0 Å². The van der Waals surface area contributed by atoms with Gasteiger partial charge in [0.2, 0.25) is 0 Å². The van der Waals surface area contributed by atoms with Crippen LogP contribution >= 0.6 is 0 Å². The molecule has 4 heterocycles. The van der Waals surface area contributed by atoms with Crippen LogP contribution in [-0.4, -0.2) is 84.1 Å². The summed E-state index contributed by atoms with van der Waals surface area (Å²) in [4.78, 5) is 45.7. The predicted molar refractivity (Wildman–Crippen MR) is 147 cm³/mol. The number of aliphatic carboxylic acids is 1. The molecule has 0 radical (unpaired) electrons. The van der Waals surface area contributed by atoms with Crippen molar-refractivity contribution in [3.05, 3.63) is 35.9 Å². The largest absolute Gasteiger partial charge is 0.481 e. The lowest BCUT2D eigenvalue weighted by atomic mass is 9.84. The number of halogens is 2. The van der Waals surface area contributed by atoms with Crippen LogP contribution < -0.4 is 10.2 Å². The van der Waals surface area contributed by atoms with Gasteiger partial charge in [-0.3, -0.25) is 14.3 Å². The summed E-state index contributed by atoms with van der Waals surface area (Å²) in [5, 5.41) is 20.3. The molecule has 1 aliphatic heterocycles. The summed E-state index contributed by atoms with van der Waals surface area (Å²) in [6.45, 7) is 7.28. The lowest BCUT2D eigenvalue weighted by Gasteiger charge is -2.36. The van der Waals surface area contributed by atoms with Crippen LogP contribution in [0, 0.1) is 5.92 Å². The van der Waals surface area contributed by atoms with Crippen molar-refractivity contribution < 1.29 is 33.0 Å². The number of nitrogens with zero attached hydrogens (tertiary/aromatic N) is 7. The Hall–Kier alpha value is -4.30. The highest BCUT2D eigenvalue weighted by atomic mass is 19.3. The van der Waals surface area contributed by atoms with Crippen LogP contribution in [0.3, 0.4) is 0 Å². The highest BCUT2D eigenvalue weighted by Crippen LogP contribution is 2.36. The Balaban J connectivity index is 1.33. The number of ether oxygens (including phenoxy) is 1. The first kappa shape index (κ1) is 29.2. The molecule has 2 atom stereocenters. The topological polar surface area (TPSA) is 147 Å². The number of carboxylic acid groups (broad SMARTS) is 1. The second-order valence-electron chi connectivity index (χ2n) is 11.5. The van der Waals surface area contributed by atoms with Crippen LogP contribution in [0.4, 0.5) is 25.1 Å². The first-order valence-corrected chi connectivity index (χ1v) is 13.9. The molecule has 2 N–H and O–H groups in total. The quantitative estimate of drug-likeness (QED) is 0.436. The first-order valence-electron chi connectivity index (χ1n) is 13.9. The molecule has 0 aromatic carbocycles. The second-order valence-corrected chi connectivity index (χ2v) is 11.5. The zero-order valence-corrected chi connectivity index (χ0v) is 23.7. The number of fused-ring (bicyclic) bond motifs is 1. The Morgan fingerprint density at radius 3 is 2.50 bits per heavy atom. The number of nitrogens with one attached hydrogen (secondary N) is 1. The zero-order valence-electron chi connectivity index (χ0n) is 23.7. The second kappa shape index (κ2) is 11.5. The highest BCUT2D eigenvalue weighted by molar-refractivity contribution is 6.08. The Kier molecular flexibility index (Phi) is 8.01. The van der Waals surface area contributed by atoms with E-state index in [1.807, 2.05) is 25.7 Å². The van der Waals surface area contributed by atoms with Crippen molar-refractivity contribution >= 4 is 35.1 Å². The summed E-state index contributed by atoms with van der Waals surface area (Å²) in [7, 11) is 0. The van der Waals surface area contributed by atoms with E-state index < -0.39 is 41.6 Å². The van der Waals surface area contributed by atoms with Gasteiger partial charge in [-0.2, -0.15) is 10.2 Å². The number of hydrogen-bond acceptors (Lipinski definition) is 8. The maximum absolute atomic E-state index is 13.9. The van der Waals surface area contributed by atoms with Crippen molar-refractivity contribution in [2.75, 3.05) is 36.4 Å². The van der Waals surface area contributed by atoms with Crippen molar-refractivity contribution in [3.63, 3.8) is 0 Å². The number of piperazine rings is 1. The number of carbonyl (C=O) groups is 3. The van der Waals surface area contributed by atoms with E-state index in [1.54, 1.807) is 17.2 Å². The molecule has 3 aromatic heterocycles. The first-order chi connectivity index (χ1) is 19.9. The Labute approximate surface area is 240 Å². The van der Waals surface area contributed by atoms with Crippen LogP contribution in [0.25, 0.3) is 5.65 Å². The Morgan fingerprint density at radius 2 is 1.83 bits per heavy atom. The standard InChI is InChI=1S/C27H34F2N8O5/c1-27(2,3)42-26(41)35-12-10-34(11-13-35)20-8-9-36-23(32-20)17(14-30-36)24(38)31-18-15-37(33-21(18)22(28)29)19-7-5-4-6-16(19)25(39)40/h8-9,14-16,19,22H,4-7,10-13H2,1-3H3,(H,31,38)(H,39,40). The number of anilines is 2. The zero-order chi connectivity index (χ0) is 30.2. The molecule has 3 aromatic rings. The molecule has 226 valence electrons. The third-order valence-electron chi connectivity index (χ3n) is 7.46. The molecule has 1 saturated heterocycles. The lowest BCUT2D eigenvalue weighted by molar-refractivity contribution is -0.144. The van der Waals surface area contributed by atoms with E-state index in [0.717, 1.165) is 12.8 Å². The van der Waals surface area contributed by atoms with Crippen LogP contribution in [0.2, 0.25) is 0 Å². The van der Waals surface area contributed by atoms with Crippen molar-refractivity contribution in [1.29, 1.82) is 0 Å². The van der Waals surface area contributed by atoms with Gasteiger partial charge in [0.25, 0.3) is 12.3 Å². The van der Waals surface area contributed by atoms with Gasteiger partial charge in [0.1, 0.15) is 17.0 Å². The molecule has 0 bridgehead atoms. The number of aromatic nitrogens is 5. The maximum Gasteiger partial charge on any atom is 0.410 e. The van der Waals surface area contributed by atoms with Crippen LogP contribution in [-0.2, 0) is 9.53 Å². The predicted octanol–water partition coefficient (Wildman–Crippen LogP) is 3.99. The molecular formula is C27H34F2N8O5. The highest BCUT2D eigenvalue weighted by Gasteiger charge is 2.34. The fraction of sp³-hybridized carbons (Fsp3) is 0.556. The molecule has 1 saturated carbocycles. The molecule has 15 heteroatoms. The van der Waals surface area contributed by atoms with E-state index in [1.165, 1.54) is 21.6 Å². The van der Waals surface area contributed by atoms with Crippen molar-refractivity contribution in [2.24, 2.45) is 5.92 Å². The molecule has 13 nitrogen and oxygen atoms in total. The summed E-state index contributed by atoms with van der Waals surface area (Å²) in [5.41, 5.74) is -1.13. The van der Waals surface area contributed by atoms with Gasteiger partial charge in [-0.05, 0) is 39.7 Å². The third kappa shape index (κ3) is 6.14. The number of carboxylic acids is 1. The number of rotatable bonds is 6. The van der Waals surface area contributed by atoms with Crippen molar-refractivity contribution in [1.82, 2.24) is 29.3 Å².